The second-order valence-electron chi connectivity index (χ2n) is 3.25. The molecular weight excluding hydrogens is 190 g/mol. The van der Waals surface area contributed by atoms with Gasteiger partial charge in [0.25, 0.3) is 0 Å². The number of nitrogen functional groups attached to an aromatic ring is 1. The molecule has 0 unspecified atom stereocenters. The Labute approximate surface area is 90.7 Å². The molecule has 0 aliphatic carbocycles. The SMILES string of the molecule is CCN(CC)CCNc1ccnc(N)n1. The molecule has 1 rings (SSSR count). The van der Waals surface area contributed by atoms with E-state index in [1.54, 1.807) is 6.20 Å². The quantitative estimate of drug-likeness (QED) is 0.726. The van der Waals surface area contributed by atoms with Crippen LogP contribution in [0, 0.1) is 0 Å². The molecule has 0 amide bonds. The summed E-state index contributed by atoms with van der Waals surface area (Å²) in [5.41, 5.74) is 5.47. The van der Waals surface area contributed by atoms with Crippen molar-refractivity contribution in [3.05, 3.63) is 12.3 Å². The summed E-state index contributed by atoms with van der Waals surface area (Å²) in [4.78, 5) is 10.2. The van der Waals surface area contributed by atoms with E-state index < -0.39 is 0 Å². The minimum absolute atomic E-state index is 0.308. The maximum absolute atomic E-state index is 5.47. The summed E-state index contributed by atoms with van der Waals surface area (Å²) in [6.45, 7) is 8.35. The summed E-state index contributed by atoms with van der Waals surface area (Å²) >= 11 is 0. The Morgan fingerprint density at radius 2 is 2.13 bits per heavy atom. The van der Waals surface area contributed by atoms with Gasteiger partial charge in [-0.1, -0.05) is 13.8 Å². The highest BCUT2D eigenvalue weighted by atomic mass is 15.1. The van der Waals surface area contributed by atoms with Crippen molar-refractivity contribution >= 4 is 11.8 Å². The first kappa shape index (κ1) is 11.7. The number of nitrogens with two attached hydrogens (primary N) is 1. The zero-order valence-corrected chi connectivity index (χ0v) is 9.40. The Morgan fingerprint density at radius 3 is 2.73 bits per heavy atom. The van der Waals surface area contributed by atoms with E-state index in [1.807, 2.05) is 6.07 Å². The Balaban J connectivity index is 2.31. The van der Waals surface area contributed by atoms with Gasteiger partial charge < -0.3 is 16.0 Å². The molecule has 0 aromatic carbocycles. The Kier molecular flexibility index (Phi) is 4.83. The number of nitrogens with one attached hydrogen (secondary N) is 1. The van der Waals surface area contributed by atoms with Crippen LogP contribution in [-0.2, 0) is 0 Å². The lowest BCUT2D eigenvalue weighted by molar-refractivity contribution is 0.316. The van der Waals surface area contributed by atoms with Crippen LogP contribution in [0.4, 0.5) is 11.8 Å². The van der Waals surface area contributed by atoms with Crippen LogP contribution in [0.15, 0.2) is 12.3 Å². The topological polar surface area (TPSA) is 67.1 Å². The highest BCUT2D eigenvalue weighted by Gasteiger charge is 1.99. The highest BCUT2D eigenvalue weighted by Crippen LogP contribution is 2.01. The molecule has 5 nitrogen and oxygen atoms in total. The van der Waals surface area contributed by atoms with Crippen LogP contribution in [0.2, 0.25) is 0 Å². The first-order chi connectivity index (χ1) is 7.26. The number of anilines is 2. The molecule has 0 bridgehead atoms. The molecular formula is C10H19N5. The molecule has 0 atom stereocenters. The van der Waals surface area contributed by atoms with Crippen molar-refractivity contribution in [1.29, 1.82) is 0 Å². The zero-order valence-electron chi connectivity index (χ0n) is 9.40. The van der Waals surface area contributed by atoms with Crippen molar-refractivity contribution in [3.8, 4) is 0 Å². The monoisotopic (exact) mass is 209 g/mol. The fourth-order valence-electron chi connectivity index (χ4n) is 1.35. The largest absolute Gasteiger partial charge is 0.369 e. The molecule has 0 radical (unpaired) electrons. The van der Waals surface area contributed by atoms with E-state index in [4.69, 9.17) is 5.73 Å². The number of rotatable bonds is 6. The van der Waals surface area contributed by atoms with Crippen molar-refractivity contribution in [2.75, 3.05) is 37.2 Å². The average Bonchev–Trinajstić information content (AvgIpc) is 2.25. The fraction of sp³-hybridized carbons (Fsp3) is 0.600. The van der Waals surface area contributed by atoms with Gasteiger partial charge in [0, 0.05) is 19.3 Å². The third-order valence-electron chi connectivity index (χ3n) is 2.30. The van der Waals surface area contributed by atoms with Crippen LogP contribution in [0.3, 0.4) is 0 Å². The summed E-state index contributed by atoms with van der Waals surface area (Å²) in [6, 6.07) is 1.82. The second kappa shape index (κ2) is 6.19. The molecule has 5 heteroatoms. The van der Waals surface area contributed by atoms with Crippen LogP contribution >= 0.6 is 0 Å². The first-order valence-electron chi connectivity index (χ1n) is 5.31. The number of nitrogens with zero attached hydrogens (tertiary/aromatic N) is 3. The minimum Gasteiger partial charge on any atom is -0.369 e. The Bertz CT molecular complexity index is 285. The normalized spacial score (nSPS) is 10.6. The molecule has 0 saturated heterocycles. The predicted octanol–water partition coefficient (Wildman–Crippen LogP) is 0.812. The van der Waals surface area contributed by atoms with Gasteiger partial charge in [-0.05, 0) is 19.2 Å². The van der Waals surface area contributed by atoms with E-state index in [1.165, 1.54) is 0 Å². The number of hydrogen-bond donors (Lipinski definition) is 2. The van der Waals surface area contributed by atoms with Crippen LogP contribution in [0.1, 0.15) is 13.8 Å². The van der Waals surface area contributed by atoms with Gasteiger partial charge in [-0.3, -0.25) is 0 Å². The number of aromatic nitrogens is 2. The molecule has 0 aliphatic rings. The predicted molar refractivity (Wildman–Crippen MR) is 62.7 cm³/mol. The van der Waals surface area contributed by atoms with E-state index in [2.05, 4.69) is 34.0 Å². The molecule has 0 spiro atoms. The summed E-state index contributed by atoms with van der Waals surface area (Å²) in [6.07, 6.45) is 1.65. The van der Waals surface area contributed by atoms with E-state index in [0.717, 1.165) is 32.0 Å². The van der Waals surface area contributed by atoms with Gasteiger partial charge in [0.15, 0.2) is 0 Å². The summed E-state index contributed by atoms with van der Waals surface area (Å²) in [7, 11) is 0. The van der Waals surface area contributed by atoms with Crippen molar-refractivity contribution in [2.45, 2.75) is 13.8 Å². The van der Waals surface area contributed by atoms with Gasteiger partial charge >= 0.3 is 0 Å². The first-order valence-corrected chi connectivity index (χ1v) is 5.31. The van der Waals surface area contributed by atoms with Gasteiger partial charge in [0.2, 0.25) is 5.95 Å². The van der Waals surface area contributed by atoms with Crippen LogP contribution < -0.4 is 11.1 Å². The molecule has 1 aromatic rings. The second-order valence-corrected chi connectivity index (χ2v) is 3.25. The third kappa shape index (κ3) is 4.12. The smallest absolute Gasteiger partial charge is 0.221 e. The zero-order chi connectivity index (χ0) is 11.1. The van der Waals surface area contributed by atoms with E-state index in [0.29, 0.717) is 5.95 Å². The van der Waals surface area contributed by atoms with Crippen molar-refractivity contribution in [2.24, 2.45) is 0 Å². The molecule has 0 fully saturated rings. The molecule has 0 aliphatic heterocycles. The molecule has 1 heterocycles. The van der Waals surface area contributed by atoms with Crippen molar-refractivity contribution in [3.63, 3.8) is 0 Å². The average molecular weight is 209 g/mol. The molecule has 1 aromatic heterocycles. The number of likely N-dealkylation sites (N-methyl/N-ethyl adjacent to an activating group) is 1. The Morgan fingerprint density at radius 1 is 1.40 bits per heavy atom. The molecule has 0 saturated carbocycles. The molecule has 84 valence electrons. The van der Waals surface area contributed by atoms with E-state index >= 15 is 0 Å². The minimum atomic E-state index is 0.308. The lowest BCUT2D eigenvalue weighted by atomic mass is 10.4. The third-order valence-corrected chi connectivity index (χ3v) is 2.30. The highest BCUT2D eigenvalue weighted by molar-refractivity contribution is 5.37. The standard InChI is InChI=1S/C10H19N5/c1-3-15(4-2)8-7-12-9-5-6-13-10(11)14-9/h5-6H,3-4,7-8H2,1-2H3,(H3,11,12,13,14). The maximum atomic E-state index is 5.47. The van der Waals surface area contributed by atoms with Gasteiger partial charge in [-0.15, -0.1) is 0 Å². The number of hydrogen-bond acceptors (Lipinski definition) is 5. The molecule has 3 N–H and O–H groups in total. The fourth-order valence-corrected chi connectivity index (χ4v) is 1.35. The maximum Gasteiger partial charge on any atom is 0.221 e. The summed E-state index contributed by atoms with van der Waals surface area (Å²) in [5, 5.41) is 3.21. The van der Waals surface area contributed by atoms with Crippen molar-refractivity contribution in [1.82, 2.24) is 14.9 Å². The van der Waals surface area contributed by atoms with Gasteiger partial charge in [-0.2, -0.15) is 4.98 Å². The molecule has 15 heavy (non-hydrogen) atoms. The van der Waals surface area contributed by atoms with Crippen LogP contribution in [0.25, 0.3) is 0 Å². The van der Waals surface area contributed by atoms with Crippen molar-refractivity contribution < 1.29 is 0 Å². The Hall–Kier alpha value is -1.36. The van der Waals surface area contributed by atoms with Gasteiger partial charge in [-0.25, -0.2) is 4.98 Å². The summed E-state index contributed by atoms with van der Waals surface area (Å²) in [5.74, 6) is 1.09. The van der Waals surface area contributed by atoms with Gasteiger partial charge in [0.1, 0.15) is 5.82 Å². The van der Waals surface area contributed by atoms with Gasteiger partial charge in [0.05, 0.1) is 0 Å². The lowest BCUT2D eigenvalue weighted by Gasteiger charge is -2.18. The van der Waals surface area contributed by atoms with Crippen LogP contribution in [0.5, 0.6) is 0 Å². The van der Waals surface area contributed by atoms with E-state index in [9.17, 15) is 0 Å². The van der Waals surface area contributed by atoms with E-state index in [-0.39, 0.29) is 0 Å². The van der Waals surface area contributed by atoms with Crippen LogP contribution in [-0.4, -0.2) is 41.0 Å². The lowest BCUT2D eigenvalue weighted by Crippen LogP contribution is -2.28. The summed E-state index contributed by atoms with van der Waals surface area (Å²) < 4.78 is 0.